The van der Waals surface area contributed by atoms with Gasteiger partial charge in [0.25, 0.3) is 5.91 Å². The molecule has 4 aromatic rings. The number of rotatable bonds is 7. The minimum Gasteiger partial charge on any atom is -0.486 e. The summed E-state index contributed by atoms with van der Waals surface area (Å²) in [7, 11) is 0. The molecule has 1 aromatic carbocycles. The zero-order valence-electron chi connectivity index (χ0n) is 21.2. The standard InChI is InChI=1S/C28H30ClN5O3/c1-18-12-24(33-11-10-30-17-33)21-8-5-9-25(28(21)32-18)36-15-22-23(29)13-31-14-26(22)37-16-27(35)34-19(2)6-4-7-20(34)3/h5,8-14,17,19-20H,4,6-7,15-16H2,1-3H3. The van der Waals surface area contributed by atoms with E-state index in [-0.39, 0.29) is 31.2 Å². The van der Waals surface area contributed by atoms with Crippen LogP contribution in [-0.2, 0) is 11.4 Å². The Balaban J connectivity index is 1.37. The van der Waals surface area contributed by atoms with Crippen molar-refractivity contribution in [3.63, 3.8) is 0 Å². The molecule has 2 atom stereocenters. The Morgan fingerprint density at radius 2 is 1.92 bits per heavy atom. The van der Waals surface area contributed by atoms with E-state index in [0.29, 0.717) is 22.1 Å². The van der Waals surface area contributed by atoms with Crippen LogP contribution in [0.3, 0.4) is 0 Å². The zero-order valence-corrected chi connectivity index (χ0v) is 22.0. The Kier molecular flexibility index (Phi) is 7.28. The van der Waals surface area contributed by atoms with Gasteiger partial charge in [-0.1, -0.05) is 23.7 Å². The maximum absolute atomic E-state index is 13.0. The number of halogens is 1. The van der Waals surface area contributed by atoms with Crippen molar-refractivity contribution in [3.8, 4) is 17.2 Å². The second-order valence-electron chi connectivity index (χ2n) is 9.51. The molecule has 2 unspecified atom stereocenters. The number of piperidine rings is 1. The molecule has 9 heteroatoms. The molecule has 192 valence electrons. The molecule has 37 heavy (non-hydrogen) atoms. The third-order valence-electron chi connectivity index (χ3n) is 6.86. The number of pyridine rings is 2. The van der Waals surface area contributed by atoms with Crippen LogP contribution in [0.15, 0.2) is 55.4 Å². The lowest BCUT2D eigenvalue weighted by Crippen LogP contribution is -2.49. The van der Waals surface area contributed by atoms with Crippen LogP contribution < -0.4 is 9.47 Å². The van der Waals surface area contributed by atoms with Crippen LogP contribution in [0, 0.1) is 6.92 Å². The number of nitrogens with zero attached hydrogens (tertiary/aromatic N) is 5. The van der Waals surface area contributed by atoms with E-state index in [1.165, 1.54) is 0 Å². The summed E-state index contributed by atoms with van der Waals surface area (Å²) in [5.74, 6) is 1.02. The van der Waals surface area contributed by atoms with Gasteiger partial charge in [0.2, 0.25) is 0 Å². The van der Waals surface area contributed by atoms with Gasteiger partial charge in [0.1, 0.15) is 23.6 Å². The molecule has 8 nitrogen and oxygen atoms in total. The molecule has 5 rings (SSSR count). The molecule has 1 aliphatic heterocycles. The van der Waals surface area contributed by atoms with Crippen LogP contribution in [0.1, 0.15) is 44.4 Å². The number of benzene rings is 1. The molecule has 0 spiro atoms. The number of hydrogen-bond acceptors (Lipinski definition) is 6. The number of imidazole rings is 1. The van der Waals surface area contributed by atoms with E-state index in [2.05, 4.69) is 23.8 Å². The van der Waals surface area contributed by atoms with Crippen LogP contribution in [0.5, 0.6) is 11.5 Å². The van der Waals surface area contributed by atoms with Crippen molar-refractivity contribution in [2.45, 2.75) is 58.7 Å². The van der Waals surface area contributed by atoms with Crippen LogP contribution in [0.2, 0.25) is 5.02 Å². The maximum atomic E-state index is 13.0. The van der Waals surface area contributed by atoms with Gasteiger partial charge in [-0.25, -0.2) is 9.97 Å². The first-order valence-electron chi connectivity index (χ1n) is 12.5. The molecule has 3 aromatic heterocycles. The van der Waals surface area contributed by atoms with Crippen molar-refractivity contribution in [2.24, 2.45) is 0 Å². The molecule has 0 aliphatic carbocycles. The average Bonchev–Trinajstić information content (AvgIpc) is 3.41. The summed E-state index contributed by atoms with van der Waals surface area (Å²) in [4.78, 5) is 28.0. The summed E-state index contributed by atoms with van der Waals surface area (Å²) in [5.41, 5.74) is 3.19. The van der Waals surface area contributed by atoms with Crippen molar-refractivity contribution < 1.29 is 14.3 Å². The van der Waals surface area contributed by atoms with Crippen LogP contribution in [0.25, 0.3) is 16.6 Å². The number of fused-ring (bicyclic) bond motifs is 1. The van der Waals surface area contributed by atoms with Crippen LogP contribution in [0.4, 0.5) is 0 Å². The number of carbonyl (C=O) groups excluding carboxylic acids is 1. The lowest BCUT2D eigenvalue weighted by Gasteiger charge is -2.39. The summed E-state index contributed by atoms with van der Waals surface area (Å²) in [6.07, 6.45) is 11.7. The Morgan fingerprint density at radius 3 is 2.68 bits per heavy atom. The highest BCUT2D eigenvalue weighted by atomic mass is 35.5. The highest BCUT2D eigenvalue weighted by Crippen LogP contribution is 2.32. The van der Waals surface area contributed by atoms with Crippen molar-refractivity contribution in [2.75, 3.05) is 6.61 Å². The molecular weight excluding hydrogens is 490 g/mol. The largest absolute Gasteiger partial charge is 0.486 e. The van der Waals surface area contributed by atoms with Crippen molar-refractivity contribution in [1.29, 1.82) is 0 Å². The molecule has 0 saturated carbocycles. The Labute approximate surface area is 221 Å². The van der Waals surface area contributed by atoms with Gasteiger partial charge in [-0.05, 0) is 52.2 Å². The Morgan fingerprint density at radius 1 is 1.11 bits per heavy atom. The van der Waals surface area contributed by atoms with Crippen molar-refractivity contribution >= 4 is 28.4 Å². The predicted octanol–water partition coefficient (Wildman–Crippen LogP) is 5.52. The molecule has 1 aliphatic rings. The number of likely N-dealkylation sites (tertiary alicyclic amines) is 1. The van der Waals surface area contributed by atoms with Gasteiger partial charge in [0.15, 0.2) is 6.61 Å². The average molecular weight is 520 g/mol. The molecule has 1 fully saturated rings. The quantitative estimate of drug-likeness (QED) is 0.319. The summed E-state index contributed by atoms with van der Waals surface area (Å²) in [6.45, 7) is 6.19. The van der Waals surface area contributed by atoms with Gasteiger partial charge in [-0.15, -0.1) is 0 Å². The molecule has 0 bridgehead atoms. The van der Waals surface area contributed by atoms with E-state index in [0.717, 1.165) is 41.5 Å². The van der Waals surface area contributed by atoms with E-state index in [9.17, 15) is 4.79 Å². The molecule has 0 radical (unpaired) electrons. The number of aryl methyl sites for hydroxylation is 1. The van der Waals surface area contributed by atoms with Crippen molar-refractivity contribution in [3.05, 3.63) is 71.7 Å². The number of aromatic nitrogens is 4. The predicted molar refractivity (Wildman–Crippen MR) is 142 cm³/mol. The highest BCUT2D eigenvalue weighted by molar-refractivity contribution is 6.31. The normalized spacial score (nSPS) is 17.7. The molecule has 0 N–H and O–H groups in total. The minimum absolute atomic E-state index is 0.0349. The lowest BCUT2D eigenvalue weighted by molar-refractivity contribution is -0.139. The first-order valence-corrected chi connectivity index (χ1v) is 12.9. The van der Waals surface area contributed by atoms with Gasteiger partial charge in [0.05, 0.1) is 28.8 Å². The number of para-hydroxylation sites is 1. The SMILES string of the molecule is Cc1cc(-n2ccnc2)c2cccc(OCc3c(Cl)cncc3OCC(=O)N3C(C)CCCC3C)c2n1. The van der Waals surface area contributed by atoms with E-state index < -0.39 is 0 Å². The summed E-state index contributed by atoms with van der Waals surface area (Å²) < 4.78 is 14.1. The topological polar surface area (TPSA) is 82.4 Å². The Bertz CT molecular complexity index is 1400. The van der Waals surface area contributed by atoms with Gasteiger partial charge < -0.3 is 18.9 Å². The molecule has 1 saturated heterocycles. The fourth-order valence-corrected chi connectivity index (χ4v) is 5.25. The lowest BCUT2D eigenvalue weighted by atomic mass is 9.97. The smallest absolute Gasteiger partial charge is 0.260 e. The van der Waals surface area contributed by atoms with Crippen LogP contribution >= 0.6 is 11.6 Å². The first kappa shape index (κ1) is 25.0. The van der Waals surface area contributed by atoms with Gasteiger partial charge >= 0.3 is 0 Å². The Hall–Kier alpha value is -3.65. The summed E-state index contributed by atoms with van der Waals surface area (Å²) >= 11 is 6.50. The number of amides is 1. The first-order chi connectivity index (χ1) is 17.9. The second-order valence-corrected chi connectivity index (χ2v) is 9.92. The second kappa shape index (κ2) is 10.8. The minimum atomic E-state index is -0.0764. The fourth-order valence-electron chi connectivity index (χ4n) is 5.05. The van der Waals surface area contributed by atoms with E-state index in [1.807, 2.05) is 46.9 Å². The van der Waals surface area contributed by atoms with Crippen LogP contribution in [-0.4, -0.2) is 49.0 Å². The van der Waals surface area contributed by atoms with Crippen molar-refractivity contribution in [1.82, 2.24) is 24.4 Å². The number of ether oxygens (including phenoxy) is 2. The molecule has 4 heterocycles. The third kappa shape index (κ3) is 5.25. The molecular formula is C28H30ClN5O3. The highest BCUT2D eigenvalue weighted by Gasteiger charge is 2.29. The zero-order chi connectivity index (χ0) is 25.9. The van der Waals surface area contributed by atoms with E-state index >= 15 is 0 Å². The van der Waals surface area contributed by atoms with Gasteiger partial charge in [-0.3, -0.25) is 9.78 Å². The summed E-state index contributed by atoms with van der Waals surface area (Å²) in [6, 6.07) is 8.24. The monoisotopic (exact) mass is 519 g/mol. The van der Waals surface area contributed by atoms with Gasteiger partial charge in [-0.2, -0.15) is 0 Å². The summed E-state index contributed by atoms with van der Waals surface area (Å²) in [5, 5.41) is 1.35. The third-order valence-corrected chi connectivity index (χ3v) is 7.19. The van der Waals surface area contributed by atoms with E-state index in [1.54, 1.807) is 24.9 Å². The van der Waals surface area contributed by atoms with Gasteiger partial charge in [0, 0.05) is 41.8 Å². The number of carbonyl (C=O) groups is 1. The van der Waals surface area contributed by atoms with E-state index in [4.69, 9.17) is 26.1 Å². The molecule has 1 amide bonds. The fraction of sp³-hybridized carbons (Fsp3) is 0.357. The number of hydrogen-bond donors (Lipinski definition) is 0. The maximum Gasteiger partial charge on any atom is 0.260 e.